The summed E-state index contributed by atoms with van der Waals surface area (Å²) in [6, 6.07) is 17.4. The molecule has 1 saturated heterocycles. The minimum absolute atomic E-state index is 0.159. The fourth-order valence-corrected chi connectivity index (χ4v) is 3.59. The number of hydrogen-bond acceptors (Lipinski definition) is 4. The van der Waals surface area contributed by atoms with E-state index in [0.717, 1.165) is 16.0 Å². The number of hydrogen-bond donors (Lipinski definition) is 1. The van der Waals surface area contributed by atoms with E-state index in [1.165, 1.54) is 18.2 Å². The van der Waals surface area contributed by atoms with Crippen LogP contribution in [0, 0.1) is 19.7 Å². The smallest absolute Gasteiger partial charge is 0.335 e. The Morgan fingerprint density at radius 1 is 0.970 bits per heavy atom. The van der Waals surface area contributed by atoms with E-state index in [9.17, 15) is 18.8 Å². The molecule has 166 valence electrons. The van der Waals surface area contributed by atoms with Gasteiger partial charge in [-0.15, -0.1) is 0 Å². The van der Waals surface area contributed by atoms with Gasteiger partial charge in [0.05, 0.1) is 5.69 Å². The molecular weight excluding hydrogens is 423 g/mol. The highest BCUT2D eigenvalue weighted by Gasteiger charge is 2.37. The highest BCUT2D eigenvalue weighted by atomic mass is 19.1. The van der Waals surface area contributed by atoms with Crippen molar-refractivity contribution in [1.29, 1.82) is 0 Å². The average Bonchev–Trinajstić information content (AvgIpc) is 2.77. The van der Waals surface area contributed by atoms with Crippen LogP contribution in [-0.4, -0.2) is 17.8 Å². The summed E-state index contributed by atoms with van der Waals surface area (Å²) in [5.41, 5.74) is 3.18. The van der Waals surface area contributed by atoms with E-state index >= 15 is 0 Å². The number of urea groups is 1. The second kappa shape index (κ2) is 9.08. The van der Waals surface area contributed by atoms with Crippen LogP contribution in [0.1, 0.15) is 22.3 Å². The van der Waals surface area contributed by atoms with Gasteiger partial charge in [-0.1, -0.05) is 42.0 Å². The summed E-state index contributed by atoms with van der Waals surface area (Å²) in [6.07, 6.45) is 1.41. The zero-order valence-corrected chi connectivity index (χ0v) is 18.1. The molecule has 0 spiro atoms. The largest absolute Gasteiger partial charge is 0.489 e. The van der Waals surface area contributed by atoms with Crippen molar-refractivity contribution in [2.24, 2.45) is 0 Å². The molecule has 1 fully saturated rings. The number of carbonyl (C=O) groups excluding carboxylic acids is 3. The summed E-state index contributed by atoms with van der Waals surface area (Å²) in [5.74, 6) is -1.34. The van der Waals surface area contributed by atoms with Crippen LogP contribution in [0.25, 0.3) is 6.08 Å². The Balaban J connectivity index is 1.59. The molecule has 1 N–H and O–H groups in total. The van der Waals surface area contributed by atoms with Gasteiger partial charge in [-0.3, -0.25) is 14.9 Å². The lowest BCUT2D eigenvalue weighted by molar-refractivity contribution is -0.122. The Kier molecular flexibility index (Phi) is 6.04. The van der Waals surface area contributed by atoms with Crippen molar-refractivity contribution in [3.05, 3.63) is 100 Å². The normalized spacial score (nSPS) is 15.1. The molecular formula is C26H21FN2O4. The van der Waals surface area contributed by atoms with Gasteiger partial charge in [0.2, 0.25) is 0 Å². The third-order valence-corrected chi connectivity index (χ3v) is 5.16. The van der Waals surface area contributed by atoms with E-state index < -0.39 is 17.8 Å². The molecule has 0 aromatic heterocycles. The maximum atomic E-state index is 13.4. The number of nitrogens with one attached hydrogen (secondary N) is 1. The van der Waals surface area contributed by atoms with Gasteiger partial charge in [0, 0.05) is 0 Å². The molecule has 0 atom stereocenters. The molecule has 33 heavy (non-hydrogen) atoms. The van der Waals surface area contributed by atoms with E-state index in [2.05, 4.69) is 5.32 Å². The van der Waals surface area contributed by atoms with Crippen LogP contribution in [0.4, 0.5) is 14.9 Å². The predicted octanol–water partition coefficient (Wildman–Crippen LogP) is 4.69. The fourth-order valence-electron chi connectivity index (χ4n) is 3.59. The van der Waals surface area contributed by atoms with Crippen molar-refractivity contribution in [3.63, 3.8) is 0 Å². The highest BCUT2D eigenvalue weighted by molar-refractivity contribution is 6.39. The number of amides is 4. The summed E-state index contributed by atoms with van der Waals surface area (Å²) >= 11 is 0. The lowest BCUT2D eigenvalue weighted by atomic mass is 10.0. The number of anilines is 1. The molecule has 4 amide bonds. The van der Waals surface area contributed by atoms with Crippen molar-refractivity contribution < 1.29 is 23.5 Å². The molecule has 7 heteroatoms. The molecule has 3 aromatic rings. The molecule has 0 unspecified atom stereocenters. The number of nitrogens with zero attached hydrogens (tertiary/aromatic N) is 1. The number of rotatable bonds is 5. The van der Waals surface area contributed by atoms with E-state index in [1.807, 2.05) is 13.0 Å². The van der Waals surface area contributed by atoms with E-state index in [0.29, 0.717) is 22.6 Å². The van der Waals surface area contributed by atoms with Crippen molar-refractivity contribution in [2.45, 2.75) is 20.5 Å². The SMILES string of the molecule is Cc1ccc(N2C(=O)NC(=O)/C(=C/c3cccc(OCc4cccc(F)c4)c3)C2=O)c(C)c1. The summed E-state index contributed by atoms with van der Waals surface area (Å²) in [5, 5.41) is 2.23. The number of barbiturate groups is 1. The minimum atomic E-state index is -0.790. The molecule has 1 heterocycles. The van der Waals surface area contributed by atoms with Crippen LogP contribution in [0.2, 0.25) is 0 Å². The van der Waals surface area contributed by atoms with E-state index in [4.69, 9.17) is 4.74 Å². The van der Waals surface area contributed by atoms with Crippen LogP contribution >= 0.6 is 0 Å². The number of carbonyl (C=O) groups is 3. The predicted molar refractivity (Wildman–Crippen MR) is 122 cm³/mol. The Labute approximate surface area is 190 Å². The third kappa shape index (κ3) is 4.82. The Morgan fingerprint density at radius 3 is 2.52 bits per heavy atom. The van der Waals surface area contributed by atoms with Gasteiger partial charge in [0.25, 0.3) is 11.8 Å². The molecule has 4 rings (SSSR count). The highest BCUT2D eigenvalue weighted by Crippen LogP contribution is 2.26. The Bertz CT molecular complexity index is 1300. The molecule has 0 aliphatic carbocycles. The maximum absolute atomic E-state index is 13.4. The Morgan fingerprint density at radius 2 is 1.76 bits per heavy atom. The molecule has 0 saturated carbocycles. The fraction of sp³-hybridized carbons (Fsp3) is 0.115. The number of halogens is 1. The van der Waals surface area contributed by atoms with Gasteiger partial charge in [-0.25, -0.2) is 14.1 Å². The zero-order chi connectivity index (χ0) is 23.5. The van der Waals surface area contributed by atoms with Crippen LogP contribution in [0.3, 0.4) is 0 Å². The maximum Gasteiger partial charge on any atom is 0.335 e. The summed E-state index contributed by atoms with van der Waals surface area (Å²) in [6.45, 7) is 3.86. The number of benzene rings is 3. The van der Waals surface area contributed by atoms with Crippen LogP contribution in [-0.2, 0) is 16.2 Å². The average molecular weight is 444 g/mol. The van der Waals surface area contributed by atoms with E-state index in [1.54, 1.807) is 55.5 Å². The quantitative estimate of drug-likeness (QED) is 0.458. The molecule has 1 aliphatic rings. The summed E-state index contributed by atoms with van der Waals surface area (Å²) in [7, 11) is 0. The van der Waals surface area contributed by atoms with Gasteiger partial charge >= 0.3 is 6.03 Å². The van der Waals surface area contributed by atoms with Gasteiger partial charge in [0.15, 0.2) is 0 Å². The topological polar surface area (TPSA) is 75.7 Å². The van der Waals surface area contributed by atoms with E-state index in [-0.39, 0.29) is 18.0 Å². The third-order valence-electron chi connectivity index (χ3n) is 5.16. The zero-order valence-electron chi connectivity index (χ0n) is 18.1. The standard InChI is InChI=1S/C26H21FN2O4/c1-16-9-10-23(17(2)11-16)29-25(31)22(24(30)28-26(29)32)14-18-5-4-8-21(13-18)33-15-19-6-3-7-20(27)12-19/h3-14H,15H2,1-2H3,(H,28,30,32)/b22-14-. The van der Waals surface area contributed by atoms with Crippen LogP contribution < -0.4 is 15.0 Å². The molecule has 1 aliphatic heterocycles. The monoisotopic (exact) mass is 444 g/mol. The molecule has 6 nitrogen and oxygen atoms in total. The second-order valence-electron chi connectivity index (χ2n) is 7.74. The minimum Gasteiger partial charge on any atom is -0.489 e. The second-order valence-corrected chi connectivity index (χ2v) is 7.74. The van der Waals surface area contributed by atoms with Gasteiger partial charge < -0.3 is 4.74 Å². The van der Waals surface area contributed by atoms with Crippen molar-refractivity contribution in [2.75, 3.05) is 4.90 Å². The first kappa shape index (κ1) is 22.0. The Hall–Kier alpha value is -4.26. The first-order chi connectivity index (χ1) is 15.8. The molecule has 0 radical (unpaired) electrons. The van der Waals surface area contributed by atoms with Gasteiger partial charge in [0.1, 0.15) is 23.7 Å². The lowest BCUT2D eigenvalue weighted by Crippen LogP contribution is -2.54. The lowest BCUT2D eigenvalue weighted by Gasteiger charge is -2.27. The van der Waals surface area contributed by atoms with Crippen LogP contribution in [0.15, 0.2) is 72.3 Å². The molecule has 0 bridgehead atoms. The first-order valence-corrected chi connectivity index (χ1v) is 10.3. The number of ether oxygens (including phenoxy) is 1. The van der Waals surface area contributed by atoms with Crippen molar-refractivity contribution >= 4 is 29.6 Å². The van der Waals surface area contributed by atoms with Crippen molar-refractivity contribution in [3.8, 4) is 5.75 Å². The first-order valence-electron chi connectivity index (χ1n) is 10.3. The summed E-state index contributed by atoms with van der Waals surface area (Å²) < 4.78 is 19.1. The number of aryl methyl sites for hydroxylation is 2. The van der Waals surface area contributed by atoms with Crippen LogP contribution in [0.5, 0.6) is 5.75 Å². The van der Waals surface area contributed by atoms with Crippen molar-refractivity contribution in [1.82, 2.24) is 5.32 Å². The molecule has 3 aromatic carbocycles. The van der Waals surface area contributed by atoms with Gasteiger partial charge in [-0.2, -0.15) is 0 Å². The number of imide groups is 2. The van der Waals surface area contributed by atoms with Gasteiger partial charge in [-0.05, 0) is 66.9 Å². The summed E-state index contributed by atoms with van der Waals surface area (Å²) in [4.78, 5) is 39.0.